The number of benzene rings is 2. The van der Waals surface area contributed by atoms with E-state index in [4.69, 9.17) is 4.74 Å². The van der Waals surface area contributed by atoms with Crippen molar-refractivity contribution in [3.8, 4) is 0 Å². The molecule has 8 heteroatoms. The summed E-state index contributed by atoms with van der Waals surface area (Å²) in [4.78, 5) is 4.49. The molecule has 0 saturated heterocycles. The number of guanidine groups is 1. The van der Waals surface area contributed by atoms with Gasteiger partial charge >= 0.3 is 0 Å². The summed E-state index contributed by atoms with van der Waals surface area (Å²) in [6.45, 7) is 4.86. The molecule has 0 aromatic heterocycles. The fourth-order valence-electron chi connectivity index (χ4n) is 2.97. The fraction of sp³-hybridized carbons (Fsp3) is 0.435. The zero-order valence-electron chi connectivity index (χ0n) is 18.2. The first-order chi connectivity index (χ1) is 14.9. The maximum absolute atomic E-state index is 13.7. The highest BCUT2D eigenvalue weighted by molar-refractivity contribution is 7.89. The molecule has 2 aromatic rings. The number of unbranched alkanes of at least 4 members (excludes halogenated alkanes) is 1. The minimum absolute atomic E-state index is 0.134. The van der Waals surface area contributed by atoms with Gasteiger partial charge in [0.15, 0.2) is 15.8 Å². The molecule has 2 aromatic carbocycles. The van der Waals surface area contributed by atoms with Gasteiger partial charge < -0.3 is 15.4 Å². The lowest BCUT2D eigenvalue weighted by Crippen LogP contribution is -2.37. The summed E-state index contributed by atoms with van der Waals surface area (Å²) >= 11 is 0. The molecule has 0 heterocycles. The molecule has 0 saturated carbocycles. The Morgan fingerprint density at radius 3 is 2.55 bits per heavy atom. The predicted octanol–water partition coefficient (Wildman–Crippen LogP) is 3.42. The Bertz CT molecular complexity index is 934. The van der Waals surface area contributed by atoms with E-state index in [0.717, 1.165) is 24.9 Å². The second kappa shape index (κ2) is 13.1. The molecule has 0 fully saturated rings. The number of hydrogen-bond acceptors (Lipinski definition) is 4. The van der Waals surface area contributed by atoms with Gasteiger partial charge in [0, 0.05) is 26.0 Å². The topological polar surface area (TPSA) is 79.8 Å². The summed E-state index contributed by atoms with van der Waals surface area (Å²) in [6, 6.07) is 14.2. The molecule has 2 rings (SSSR count). The van der Waals surface area contributed by atoms with Gasteiger partial charge in [0.25, 0.3) is 0 Å². The van der Waals surface area contributed by atoms with E-state index >= 15 is 0 Å². The van der Waals surface area contributed by atoms with Crippen LogP contribution in [0.5, 0.6) is 0 Å². The van der Waals surface area contributed by atoms with Crippen LogP contribution in [0.2, 0.25) is 0 Å². The first-order valence-corrected chi connectivity index (χ1v) is 12.5. The summed E-state index contributed by atoms with van der Waals surface area (Å²) in [5.41, 5.74) is 2.30. The van der Waals surface area contributed by atoms with Gasteiger partial charge in [0.05, 0.1) is 18.9 Å². The van der Waals surface area contributed by atoms with Gasteiger partial charge in [0.1, 0.15) is 5.82 Å². The van der Waals surface area contributed by atoms with Crippen LogP contribution in [-0.4, -0.2) is 40.3 Å². The van der Waals surface area contributed by atoms with E-state index < -0.39 is 15.7 Å². The van der Waals surface area contributed by atoms with Gasteiger partial charge in [0.2, 0.25) is 0 Å². The van der Waals surface area contributed by atoms with Crippen molar-refractivity contribution in [3.05, 3.63) is 71.0 Å². The lowest BCUT2D eigenvalue weighted by molar-refractivity contribution is 0.117. The highest BCUT2D eigenvalue weighted by Crippen LogP contribution is 2.15. The van der Waals surface area contributed by atoms with Crippen molar-refractivity contribution in [2.75, 3.05) is 26.0 Å². The van der Waals surface area contributed by atoms with E-state index in [1.807, 2.05) is 37.3 Å². The number of rotatable bonds is 12. The maximum Gasteiger partial charge on any atom is 0.191 e. The van der Waals surface area contributed by atoms with Gasteiger partial charge in [-0.2, -0.15) is 0 Å². The van der Waals surface area contributed by atoms with Gasteiger partial charge in [-0.3, -0.25) is 0 Å². The molecule has 0 aliphatic rings. The predicted molar refractivity (Wildman–Crippen MR) is 123 cm³/mol. The Kier molecular flexibility index (Phi) is 10.5. The quantitative estimate of drug-likeness (QED) is 0.295. The van der Waals surface area contributed by atoms with Crippen molar-refractivity contribution in [3.63, 3.8) is 0 Å². The fourth-order valence-corrected chi connectivity index (χ4v) is 3.82. The zero-order chi connectivity index (χ0) is 22.5. The molecule has 0 radical (unpaired) electrons. The van der Waals surface area contributed by atoms with Gasteiger partial charge in [-0.1, -0.05) is 36.4 Å². The molecule has 31 heavy (non-hydrogen) atoms. The standard InChI is InChI=1S/C23H32FN3O3S/c1-3-25-23(26-13-7-8-14-30-17-19-9-5-4-6-10-19)27-16-21-15-22(24)12-11-20(21)18-31(2,28)29/h4-6,9-12,15H,3,7-8,13-14,16-18H2,1-2H3,(H2,25,26,27). The summed E-state index contributed by atoms with van der Waals surface area (Å²) < 4.78 is 42.6. The highest BCUT2D eigenvalue weighted by atomic mass is 32.2. The lowest BCUT2D eigenvalue weighted by Gasteiger charge is -2.12. The van der Waals surface area contributed by atoms with Crippen LogP contribution in [0.25, 0.3) is 0 Å². The van der Waals surface area contributed by atoms with Crippen LogP contribution < -0.4 is 10.6 Å². The molecular weight excluding hydrogens is 417 g/mol. The Morgan fingerprint density at radius 2 is 1.84 bits per heavy atom. The number of aliphatic imine (C=N–C) groups is 1. The normalized spacial score (nSPS) is 12.0. The molecule has 0 spiro atoms. The largest absolute Gasteiger partial charge is 0.377 e. The van der Waals surface area contributed by atoms with Crippen molar-refractivity contribution in [1.29, 1.82) is 0 Å². The Morgan fingerprint density at radius 1 is 1.06 bits per heavy atom. The van der Waals surface area contributed by atoms with Crippen molar-refractivity contribution in [2.45, 2.75) is 38.7 Å². The first-order valence-electron chi connectivity index (χ1n) is 10.5. The minimum Gasteiger partial charge on any atom is -0.377 e. The van der Waals surface area contributed by atoms with Gasteiger partial charge in [-0.15, -0.1) is 0 Å². The Hall–Kier alpha value is -2.45. The highest BCUT2D eigenvalue weighted by Gasteiger charge is 2.10. The average molecular weight is 450 g/mol. The molecular formula is C23H32FN3O3S. The smallest absolute Gasteiger partial charge is 0.191 e. The maximum atomic E-state index is 13.7. The number of sulfone groups is 1. The third kappa shape index (κ3) is 10.4. The molecule has 0 amide bonds. The van der Waals surface area contributed by atoms with Crippen LogP contribution >= 0.6 is 0 Å². The van der Waals surface area contributed by atoms with E-state index in [1.165, 1.54) is 24.5 Å². The number of nitrogens with one attached hydrogen (secondary N) is 2. The van der Waals surface area contributed by atoms with E-state index in [0.29, 0.717) is 36.8 Å². The number of nitrogens with zero attached hydrogens (tertiary/aromatic N) is 1. The number of hydrogen-bond donors (Lipinski definition) is 2. The first kappa shape index (κ1) is 24.8. The second-order valence-corrected chi connectivity index (χ2v) is 9.49. The summed E-state index contributed by atoms with van der Waals surface area (Å²) in [6.07, 6.45) is 3.00. The third-order valence-corrected chi connectivity index (χ3v) is 5.29. The summed E-state index contributed by atoms with van der Waals surface area (Å²) in [5, 5.41) is 6.41. The van der Waals surface area contributed by atoms with Crippen molar-refractivity contribution in [1.82, 2.24) is 10.6 Å². The number of ether oxygens (including phenoxy) is 1. The average Bonchev–Trinajstić information content (AvgIpc) is 2.72. The second-order valence-electron chi connectivity index (χ2n) is 7.35. The number of halogens is 1. The van der Waals surface area contributed by atoms with E-state index in [2.05, 4.69) is 15.6 Å². The van der Waals surface area contributed by atoms with E-state index in [9.17, 15) is 12.8 Å². The third-order valence-electron chi connectivity index (χ3n) is 4.46. The van der Waals surface area contributed by atoms with Crippen LogP contribution in [-0.2, 0) is 33.5 Å². The minimum atomic E-state index is -3.22. The van der Waals surface area contributed by atoms with Crippen LogP contribution in [0.15, 0.2) is 53.5 Å². The van der Waals surface area contributed by atoms with Gasteiger partial charge in [-0.05, 0) is 48.6 Å². The summed E-state index contributed by atoms with van der Waals surface area (Å²) in [5.74, 6) is 0.0728. The zero-order valence-corrected chi connectivity index (χ0v) is 19.1. The van der Waals surface area contributed by atoms with Crippen LogP contribution in [0.1, 0.15) is 36.5 Å². The monoisotopic (exact) mass is 449 g/mol. The molecule has 0 aliphatic heterocycles. The van der Waals surface area contributed by atoms with Crippen LogP contribution in [0.4, 0.5) is 4.39 Å². The van der Waals surface area contributed by atoms with Gasteiger partial charge in [-0.25, -0.2) is 17.8 Å². The Labute approximate surface area is 184 Å². The van der Waals surface area contributed by atoms with Crippen molar-refractivity contribution in [2.24, 2.45) is 4.99 Å². The van der Waals surface area contributed by atoms with E-state index in [1.54, 1.807) is 0 Å². The lowest BCUT2D eigenvalue weighted by atomic mass is 10.1. The molecule has 6 nitrogen and oxygen atoms in total. The molecule has 0 aliphatic carbocycles. The van der Waals surface area contributed by atoms with Crippen LogP contribution in [0.3, 0.4) is 0 Å². The molecule has 170 valence electrons. The Balaban J connectivity index is 1.80. The van der Waals surface area contributed by atoms with Crippen molar-refractivity contribution >= 4 is 15.8 Å². The van der Waals surface area contributed by atoms with Crippen molar-refractivity contribution < 1.29 is 17.5 Å². The van der Waals surface area contributed by atoms with E-state index in [-0.39, 0.29) is 12.3 Å². The molecule has 0 atom stereocenters. The van der Waals surface area contributed by atoms with Crippen LogP contribution in [0, 0.1) is 5.82 Å². The SMILES string of the molecule is CCNC(=NCc1cc(F)ccc1CS(C)(=O)=O)NCCCCOCc1ccccc1. The molecule has 2 N–H and O–H groups in total. The molecule has 0 bridgehead atoms. The molecule has 0 unspecified atom stereocenters. The summed E-state index contributed by atoms with van der Waals surface area (Å²) in [7, 11) is -3.22.